The summed E-state index contributed by atoms with van der Waals surface area (Å²) in [6.07, 6.45) is 3.49. The van der Waals surface area contributed by atoms with Crippen LogP contribution in [0.4, 0.5) is 8.78 Å². The first-order valence-electron chi connectivity index (χ1n) is 11.5. The normalized spacial score (nSPS) is 21.4. The van der Waals surface area contributed by atoms with Crippen LogP contribution in [0, 0.1) is 29.9 Å². The van der Waals surface area contributed by atoms with E-state index >= 15 is 0 Å². The molecule has 0 saturated carbocycles. The number of rotatable bonds is 3. The number of hydrogen-bond donors (Lipinski definition) is 1. The Balaban J connectivity index is 1.62. The molecule has 1 amide bonds. The smallest absolute Gasteiger partial charge is 0.254 e. The van der Waals surface area contributed by atoms with Gasteiger partial charge in [0, 0.05) is 29.3 Å². The number of benzene rings is 3. The maximum atomic E-state index is 14.9. The van der Waals surface area contributed by atoms with Gasteiger partial charge in [0.25, 0.3) is 5.91 Å². The van der Waals surface area contributed by atoms with Gasteiger partial charge in [-0.05, 0) is 85.2 Å². The van der Waals surface area contributed by atoms with E-state index in [-0.39, 0.29) is 29.6 Å². The number of amides is 1. The largest absolute Gasteiger partial charge is 0.333 e. The Morgan fingerprint density at radius 2 is 1.65 bits per heavy atom. The van der Waals surface area contributed by atoms with Gasteiger partial charge in [0.05, 0.1) is 5.56 Å². The molecule has 4 nitrogen and oxygen atoms in total. The van der Waals surface area contributed by atoms with Crippen molar-refractivity contribution >= 4 is 5.91 Å². The molecule has 2 N–H and O–H groups in total. The van der Waals surface area contributed by atoms with Crippen LogP contribution >= 0.6 is 0 Å². The molecule has 0 radical (unpaired) electrons. The maximum Gasteiger partial charge on any atom is 0.254 e. The quantitative estimate of drug-likeness (QED) is 0.559. The highest BCUT2D eigenvalue weighted by atomic mass is 19.1. The lowest BCUT2D eigenvalue weighted by molar-refractivity contribution is 0.0575. The van der Waals surface area contributed by atoms with E-state index in [0.717, 1.165) is 31.2 Å². The maximum absolute atomic E-state index is 14.9. The second kappa shape index (κ2) is 8.66. The van der Waals surface area contributed by atoms with E-state index in [1.807, 2.05) is 24.0 Å². The van der Waals surface area contributed by atoms with E-state index in [9.17, 15) is 13.6 Å². The SMILES string of the molecule is Cc1ccc(-c2ccc(C(=O)N3[C@@H]4CC[C@H]3C[C@@H](N)C4)cc2-c2ccc(C#N)c(F)c2)c(F)c1. The topological polar surface area (TPSA) is 70.1 Å². The third-order valence-corrected chi connectivity index (χ3v) is 7.09. The summed E-state index contributed by atoms with van der Waals surface area (Å²) >= 11 is 0. The first-order chi connectivity index (χ1) is 16.4. The summed E-state index contributed by atoms with van der Waals surface area (Å²) in [7, 11) is 0. The van der Waals surface area contributed by atoms with E-state index in [1.54, 1.807) is 30.3 Å². The highest BCUT2D eigenvalue weighted by Crippen LogP contribution is 2.39. The fourth-order valence-electron chi connectivity index (χ4n) is 5.46. The molecule has 2 aliphatic heterocycles. The summed E-state index contributed by atoms with van der Waals surface area (Å²) < 4.78 is 29.4. The number of fused-ring (bicyclic) bond motifs is 2. The fourth-order valence-corrected chi connectivity index (χ4v) is 5.46. The lowest BCUT2D eigenvalue weighted by Crippen LogP contribution is -2.50. The van der Waals surface area contributed by atoms with E-state index in [2.05, 4.69) is 0 Å². The predicted octanol–water partition coefficient (Wildman–Crippen LogP) is 5.57. The van der Waals surface area contributed by atoms with Gasteiger partial charge >= 0.3 is 0 Å². The van der Waals surface area contributed by atoms with Crippen LogP contribution in [0.5, 0.6) is 0 Å². The first-order valence-corrected chi connectivity index (χ1v) is 11.5. The molecule has 5 rings (SSSR count). The molecule has 2 aliphatic rings. The van der Waals surface area contributed by atoms with Gasteiger partial charge in [0.1, 0.15) is 17.7 Å². The predicted molar refractivity (Wildman–Crippen MR) is 127 cm³/mol. The lowest BCUT2D eigenvalue weighted by Gasteiger charge is -2.38. The van der Waals surface area contributed by atoms with Gasteiger partial charge in [-0.2, -0.15) is 5.26 Å². The van der Waals surface area contributed by atoms with Crippen molar-refractivity contribution < 1.29 is 13.6 Å². The van der Waals surface area contributed by atoms with E-state index in [1.165, 1.54) is 18.2 Å². The van der Waals surface area contributed by atoms with E-state index in [4.69, 9.17) is 11.0 Å². The summed E-state index contributed by atoms with van der Waals surface area (Å²) in [6.45, 7) is 1.81. The zero-order chi connectivity index (χ0) is 24.0. The van der Waals surface area contributed by atoms with Crippen molar-refractivity contribution in [2.75, 3.05) is 0 Å². The second-order valence-electron chi connectivity index (χ2n) is 9.38. The van der Waals surface area contributed by atoms with Crippen molar-refractivity contribution in [2.24, 2.45) is 5.73 Å². The van der Waals surface area contributed by atoms with Gasteiger partial charge in [-0.3, -0.25) is 4.79 Å². The zero-order valence-electron chi connectivity index (χ0n) is 18.9. The Hall–Kier alpha value is -3.56. The number of carbonyl (C=O) groups is 1. The van der Waals surface area contributed by atoms with Gasteiger partial charge in [-0.1, -0.05) is 24.3 Å². The molecule has 2 fully saturated rings. The average molecular weight is 458 g/mol. The van der Waals surface area contributed by atoms with Gasteiger partial charge in [-0.25, -0.2) is 8.78 Å². The molecule has 34 heavy (non-hydrogen) atoms. The molecular formula is C28H25F2N3O. The van der Waals surface area contributed by atoms with Gasteiger partial charge in [0.2, 0.25) is 0 Å². The minimum Gasteiger partial charge on any atom is -0.333 e. The van der Waals surface area contributed by atoms with Crippen LogP contribution in [0.3, 0.4) is 0 Å². The number of carbonyl (C=O) groups excluding carboxylic acids is 1. The lowest BCUT2D eigenvalue weighted by atomic mass is 9.90. The first kappa shape index (κ1) is 22.2. The molecule has 0 aromatic heterocycles. The van der Waals surface area contributed by atoms with Crippen LogP contribution in [0.15, 0.2) is 54.6 Å². The van der Waals surface area contributed by atoms with Crippen molar-refractivity contribution in [3.63, 3.8) is 0 Å². The molecule has 2 saturated heterocycles. The summed E-state index contributed by atoms with van der Waals surface area (Å²) in [4.78, 5) is 15.5. The molecule has 172 valence electrons. The Morgan fingerprint density at radius 1 is 0.941 bits per heavy atom. The van der Waals surface area contributed by atoms with Crippen LogP contribution in [0.25, 0.3) is 22.3 Å². The molecule has 2 bridgehead atoms. The molecule has 0 unspecified atom stereocenters. The van der Waals surface area contributed by atoms with Crippen LogP contribution in [0.2, 0.25) is 0 Å². The average Bonchev–Trinajstić information content (AvgIpc) is 3.09. The number of aryl methyl sites for hydroxylation is 1. The monoisotopic (exact) mass is 457 g/mol. The third kappa shape index (κ3) is 3.86. The van der Waals surface area contributed by atoms with Crippen molar-refractivity contribution in [3.8, 4) is 28.3 Å². The van der Waals surface area contributed by atoms with Crippen LogP contribution in [-0.2, 0) is 0 Å². The molecule has 3 aromatic rings. The standard InChI is InChI=1S/C28H25F2N3O/c1-16-2-8-24(27(30)10-16)23-9-5-18(11-25(23)17-3-4-19(15-31)26(29)12-17)28(34)33-21-6-7-22(33)14-20(32)13-21/h2-5,8-12,20-22H,6-7,13-14,32H2,1H3/t20-,21+,22-. The Morgan fingerprint density at radius 3 is 2.29 bits per heavy atom. The number of nitrogens with zero attached hydrogens (tertiary/aromatic N) is 2. The Kier molecular flexibility index (Phi) is 5.66. The molecular weight excluding hydrogens is 432 g/mol. The molecule has 6 heteroatoms. The molecule has 0 spiro atoms. The number of nitrogens with two attached hydrogens (primary N) is 1. The van der Waals surface area contributed by atoms with E-state index in [0.29, 0.717) is 27.8 Å². The number of nitriles is 1. The van der Waals surface area contributed by atoms with Gasteiger partial charge in [0.15, 0.2) is 0 Å². The summed E-state index contributed by atoms with van der Waals surface area (Å²) in [5, 5.41) is 9.11. The highest BCUT2D eigenvalue weighted by molar-refractivity contribution is 5.98. The number of hydrogen-bond acceptors (Lipinski definition) is 3. The van der Waals surface area contributed by atoms with Crippen molar-refractivity contribution in [2.45, 2.75) is 50.7 Å². The van der Waals surface area contributed by atoms with Crippen molar-refractivity contribution in [1.29, 1.82) is 5.26 Å². The third-order valence-electron chi connectivity index (χ3n) is 7.09. The van der Waals surface area contributed by atoms with Crippen molar-refractivity contribution in [1.82, 2.24) is 4.90 Å². The minimum atomic E-state index is -0.657. The second-order valence-corrected chi connectivity index (χ2v) is 9.38. The zero-order valence-corrected chi connectivity index (χ0v) is 18.9. The molecule has 3 aromatic carbocycles. The summed E-state index contributed by atoms with van der Waals surface area (Å²) in [6, 6.07) is 16.6. The van der Waals surface area contributed by atoms with Crippen LogP contribution < -0.4 is 5.73 Å². The Labute approximate surface area is 197 Å². The van der Waals surface area contributed by atoms with Gasteiger partial charge < -0.3 is 10.6 Å². The number of piperidine rings is 1. The van der Waals surface area contributed by atoms with Crippen molar-refractivity contribution in [3.05, 3.63) is 82.9 Å². The van der Waals surface area contributed by atoms with Crippen LogP contribution in [0.1, 0.15) is 47.2 Å². The Bertz CT molecular complexity index is 1320. The molecule has 0 aliphatic carbocycles. The summed E-state index contributed by atoms with van der Waals surface area (Å²) in [5.41, 5.74) is 9.31. The molecule has 2 heterocycles. The van der Waals surface area contributed by atoms with Gasteiger partial charge in [-0.15, -0.1) is 0 Å². The fraction of sp³-hybridized carbons (Fsp3) is 0.286. The minimum absolute atomic E-state index is 0.0692. The molecule has 3 atom stereocenters. The number of halogens is 2. The highest BCUT2D eigenvalue weighted by Gasteiger charge is 2.42. The van der Waals surface area contributed by atoms with E-state index < -0.39 is 11.6 Å². The summed E-state index contributed by atoms with van der Waals surface area (Å²) in [5.74, 6) is -1.13. The van der Waals surface area contributed by atoms with Crippen LogP contribution in [-0.4, -0.2) is 28.9 Å².